The van der Waals surface area contributed by atoms with Gasteiger partial charge in [-0.25, -0.2) is 4.98 Å². The maximum absolute atomic E-state index is 5.07. The molecule has 0 bridgehead atoms. The molecule has 0 N–H and O–H groups in total. The van der Waals surface area contributed by atoms with Gasteiger partial charge in [-0.2, -0.15) is 0 Å². The van der Waals surface area contributed by atoms with Crippen LogP contribution in [0.2, 0.25) is 0 Å². The van der Waals surface area contributed by atoms with Crippen LogP contribution in [0.3, 0.4) is 0 Å². The standard InChI is InChI=1S/C31H26N2/c1-21-16-17-29-26(18-21)31-22(2)10-9-15-30(31)33(29)25-19-27(23-11-5-3-6-12-23)32-28(20-25)24-13-7-4-8-14-24/h3-9,11-20,22H,10H2,1-2H3. The van der Waals surface area contributed by atoms with Gasteiger partial charge in [0, 0.05) is 22.2 Å². The molecule has 2 aromatic heterocycles. The monoisotopic (exact) mass is 426 g/mol. The Morgan fingerprint density at radius 1 is 0.788 bits per heavy atom. The largest absolute Gasteiger partial charge is 0.309 e. The number of pyridine rings is 1. The van der Waals surface area contributed by atoms with Crippen LogP contribution >= 0.6 is 0 Å². The number of aromatic nitrogens is 2. The summed E-state index contributed by atoms with van der Waals surface area (Å²) >= 11 is 0. The number of rotatable bonds is 3. The smallest absolute Gasteiger partial charge is 0.0730 e. The summed E-state index contributed by atoms with van der Waals surface area (Å²) < 4.78 is 2.43. The van der Waals surface area contributed by atoms with Crippen LogP contribution in [0.1, 0.15) is 36.1 Å². The van der Waals surface area contributed by atoms with E-state index in [-0.39, 0.29) is 0 Å². The molecule has 0 amide bonds. The number of hydrogen-bond donors (Lipinski definition) is 0. The molecule has 160 valence electrons. The molecule has 2 nitrogen and oxygen atoms in total. The first kappa shape index (κ1) is 19.8. The molecule has 2 heteroatoms. The second-order valence-electron chi connectivity index (χ2n) is 9.02. The van der Waals surface area contributed by atoms with Gasteiger partial charge in [0.1, 0.15) is 0 Å². The highest BCUT2D eigenvalue weighted by Gasteiger charge is 2.23. The Bertz CT molecular complexity index is 1430. The van der Waals surface area contributed by atoms with Crippen LogP contribution in [0.15, 0.2) is 97.1 Å². The van der Waals surface area contributed by atoms with Gasteiger partial charge >= 0.3 is 0 Å². The normalized spacial score (nSPS) is 15.0. The van der Waals surface area contributed by atoms with E-state index < -0.39 is 0 Å². The molecule has 33 heavy (non-hydrogen) atoms. The molecule has 0 fully saturated rings. The summed E-state index contributed by atoms with van der Waals surface area (Å²) in [6, 6.07) is 32.2. The second kappa shape index (κ2) is 7.90. The van der Waals surface area contributed by atoms with E-state index in [0.29, 0.717) is 5.92 Å². The number of nitrogens with zero attached hydrogens (tertiary/aromatic N) is 2. The minimum atomic E-state index is 0.500. The summed E-state index contributed by atoms with van der Waals surface area (Å²) in [5.74, 6) is 0.500. The summed E-state index contributed by atoms with van der Waals surface area (Å²) in [6.45, 7) is 4.52. The fourth-order valence-electron chi connectivity index (χ4n) is 5.07. The first-order valence-corrected chi connectivity index (χ1v) is 11.6. The van der Waals surface area contributed by atoms with Crippen LogP contribution < -0.4 is 0 Å². The van der Waals surface area contributed by atoms with Crippen molar-refractivity contribution >= 4 is 17.0 Å². The predicted octanol–water partition coefficient (Wildman–Crippen LogP) is 8.19. The molecule has 1 aliphatic carbocycles. The Balaban J connectivity index is 1.67. The summed E-state index contributed by atoms with van der Waals surface area (Å²) in [6.07, 6.45) is 5.70. The average Bonchev–Trinajstić information content (AvgIpc) is 3.19. The topological polar surface area (TPSA) is 17.8 Å². The summed E-state index contributed by atoms with van der Waals surface area (Å²) in [7, 11) is 0. The van der Waals surface area contributed by atoms with Crippen LogP contribution in [0.25, 0.3) is 45.2 Å². The molecule has 3 aromatic carbocycles. The van der Waals surface area contributed by atoms with E-state index >= 15 is 0 Å². The molecule has 5 aromatic rings. The lowest BCUT2D eigenvalue weighted by atomic mass is 9.90. The van der Waals surface area contributed by atoms with Gasteiger partial charge in [-0.05, 0) is 55.2 Å². The Labute approximate surface area is 194 Å². The number of allylic oxidation sites excluding steroid dienone is 1. The first-order valence-electron chi connectivity index (χ1n) is 11.6. The third kappa shape index (κ3) is 3.39. The zero-order valence-electron chi connectivity index (χ0n) is 19.0. The van der Waals surface area contributed by atoms with Crippen molar-refractivity contribution in [3.63, 3.8) is 0 Å². The van der Waals surface area contributed by atoms with Crippen LogP contribution in [-0.4, -0.2) is 9.55 Å². The van der Waals surface area contributed by atoms with Gasteiger partial charge in [0.05, 0.1) is 22.6 Å². The van der Waals surface area contributed by atoms with E-state index in [4.69, 9.17) is 4.98 Å². The molecule has 1 aliphatic rings. The Morgan fingerprint density at radius 2 is 1.42 bits per heavy atom. The number of fused-ring (bicyclic) bond motifs is 3. The van der Waals surface area contributed by atoms with E-state index in [1.54, 1.807) is 0 Å². The van der Waals surface area contributed by atoms with Crippen molar-refractivity contribution in [3.05, 3.63) is 114 Å². The zero-order valence-corrected chi connectivity index (χ0v) is 19.0. The van der Waals surface area contributed by atoms with Crippen molar-refractivity contribution in [3.8, 4) is 28.2 Å². The van der Waals surface area contributed by atoms with Crippen molar-refractivity contribution < 1.29 is 0 Å². The lowest BCUT2D eigenvalue weighted by Gasteiger charge is -2.18. The summed E-state index contributed by atoms with van der Waals surface area (Å²) in [5, 5.41) is 1.36. The zero-order chi connectivity index (χ0) is 22.4. The number of benzene rings is 3. The van der Waals surface area contributed by atoms with E-state index in [1.165, 1.54) is 27.7 Å². The molecule has 0 spiro atoms. The van der Waals surface area contributed by atoms with Crippen molar-refractivity contribution in [1.29, 1.82) is 0 Å². The van der Waals surface area contributed by atoms with E-state index in [2.05, 4.69) is 122 Å². The van der Waals surface area contributed by atoms with Gasteiger partial charge in [-0.3, -0.25) is 0 Å². The highest BCUT2D eigenvalue weighted by atomic mass is 15.0. The van der Waals surface area contributed by atoms with Gasteiger partial charge < -0.3 is 4.57 Å². The van der Waals surface area contributed by atoms with Crippen molar-refractivity contribution in [2.75, 3.05) is 0 Å². The van der Waals surface area contributed by atoms with Crippen LogP contribution in [0, 0.1) is 6.92 Å². The highest BCUT2D eigenvalue weighted by molar-refractivity contribution is 5.92. The predicted molar refractivity (Wildman–Crippen MR) is 139 cm³/mol. The Hall–Kier alpha value is -3.91. The molecule has 0 saturated heterocycles. The van der Waals surface area contributed by atoms with Gasteiger partial charge in [0.25, 0.3) is 0 Å². The SMILES string of the molecule is Cc1ccc2c(c1)c1c(n2-c2cc(-c3ccccc3)nc(-c3ccccc3)c2)C=CCC1C. The van der Waals surface area contributed by atoms with Gasteiger partial charge in [0.2, 0.25) is 0 Å². The molecule has 1 atom stereocenters. The third-order valence-corrected chi connectivity index (χ3v) is 6.67. The maximum atomic E-state index is 5.07. The Kier molecular flexibility index (Phi) is 4.73. The van der Waals surface area contributed by atoms with Crippen molar-refractivity contribution in [2.24, 2.45) is 0 Å². The average molecular weight is 427 g/mol. The minimum absolute atomic E-state index is 0.500. The molecular formula is C31H26N2. The third-order valence-electron chi connectivity index (χ3n) is 6.67. The van der Waals surface area contributed by atoms with E-state index in [0.717, 1.165) is 34.6 Å². The minimum Gasteiger partial charge on any atom is -0.309 e. The summed E-state index contributed by atoms with van der Waals surface area (Å²) in [5.41, 5.74) is 10.7. The fraction of sp³-hybridized carbons (Fsp3) is 0.129. The van der Waals surface area contributed by atoms with E-state index in [9.17, 15) is 0 Å². The van der Waals surface area contributed by atoms with Crippen LogP contribution in [0.4, 0.5) is 0 Å². The van der Waals surface area contributed by atoms with Crippen LogP contribution in [-0.2, 0) is 0 Å². The molecule has 0 radical (unpaired) electrons. The van der Waals surface area contributed by atoms with Crippen LogP contribution in [0.5, 0.6) is 0 Å². The van der Waals surface area contributed by atoms with Gasteiger partial charge in [-0.1, -0.05) is 85.3 Å². The lowest BCUT2D eigenvalue weighted by molar-refractivity contribution is 0.773. The van der Waals surface area contributed by atoms with Crippen molar-refractivity contribution in [2.45, 2.75) is 26.2 Å². The Morgan fingerprint density at radius 3 is 2.06 bits per heavy atom. The van der Waals surface area contributed by atoms with E-state index in [1.807, 2.05) is 0 Å². The lowest BCUT2D eigenvalue weighted by Crippen LogP contribution is -2.04. The quantitative estimate of drug-likeness (QED) is 0.284. The maximum Gasteiger partial charge on any atom is 0.0730 e. The van der Waals surface area contributed by atoms with Gasteiger partial charge in [-0.15, -0.1) is 0 Å². The molecule has 0 aliphatic heterocycles. The molecule has 2 heterocycles. The number of aryl methyl sites for hydroxylation is 1. The highest BCUT2D eigenvalue weighted by Crippen LogP contribution is 2.40. The molecule has 6 rings (SSSR count). The second-order valence-corrected chi connectivity index (χ2v) is 9.02. The summed E-state index contributed by atoms with van der Waals surface area (Å²) in [4.78, 5) is 5.07. The first-order chi connectivity index (χ1) is 16.2. The molecule has 1 unspecified atom stereocenters. The number of hydrogen-bond acceptors (Lipinski definition) is 1. The molecular weight excluding hydrogens is 400 g/mol. The van der Waals surface area contributed by atoms with Crippen molar-refractivity contribution in [1.82, 2.24) is 9.55 Å². The molecule has 0 saturated carbocycles. The van der Waals surface area contributed by atoms with Gasteiger partial charge in [0.15, 0.2) is 0 Å². The fourth-order valence-corrected chi connectivity index (χ4v) is 5.07.